The zero-order valence-corrected chi connectivity index (χ0v) is 16.2. The Morgan fingerprint density at radius 3 is 2.68 bits per heavy atom. The number of nitrogens with one attached hydrogen (secondary N) is 1. The van der Waals surface area contributed by atoms with Crippen molar-refractivity contribution in [1.29, 1.82) is 0 Å². The molecule has 0 fully saturated rings. The minimum absolute atomic E-state index is 0. The van der Waals surface area contributed by atoms with Crippen LogP contribution in [0.15, 0.2) is 23.6 Å². The number of halogens is 1. The van der Waals surface area contributed by atoms with Crippen molar-refractivity contribution in [3.63, 3.8) is 0 Å². The number of amides is 1. The molecule has 2 rings (SSSR count). The van der Waals surface area contributed by atoms with Gasteiger partial charge in [-0.25, -0.2) is 4.98 Å². The fourth-order valence-corrected chi connectivity index (χ4v) is 3.16. The maximum atomic E-state index is 12.2. The number of hydrogen-bond donors (Lipinski definition) is 2. The van der Waals surface area contributed by atoms with Crippen molar-refractivity contribution >= 4 is 29.7 Å². The van der Waals surface area contributed by atoms with Crippen LogP contribution in [0.4, 0.5) is 0 Å². The van der Waals surface area contributed by atoms with Crippen molar-refractivity contribution in [3.8, 4) is 11.5 Å². The predicted molar refractivity (Wildman–Crippen MR) is 102 cm³/mol. The van der Waals surface area contributed by atoms with E-state index in [0.29, 0.717) is 36.6 Å². The summed E-state index contributed by atoms with van der Waals surface area (Å²) in [4.78, 5) is 16.5. The Morgan fingerprint density at radius 2 is 2.04 bits per heavy atom. The first-order valence-corrected chi connectivity index (χ1v) is 8.61. The summed E-state index contributed by atoms with van der Waals surface area (Å²) in [5.41, 5.74) is 7.01. The molecule has 1 aromatic heterocycles. The lowest BCUT2D eigenvalue weighted by molar-refractivity contribution is 0.0935. The molecule has 138 valence electrons. The van der Waals surface area contributed by atoms with Crippen LogP contribution in [0.3, 0.4) is 0 Å². The molecule has 0 radical (unpaired) electrons. The number of nitrogens with zero attached hydrogens (tertiary/aromatic N) is 1. The van der Waals surface area contributed by atoms with E-state index in [2.05, 4.69) is 10.3 Å². The molecule has 1 unspecified atom stereocenters. The van der Waals surface area contributed by atoms with Gasteiger partial charge in [-0.1, -0.05) is 6.07 Å². The van der Waals surface area contributed by atoms with E-state index in [1.54, 1.807) is 19.6 Å². The average molecular weight is 386 g/mol. The number of thiazole rings is 1. The average Bonchev–Trinajstić information content (AvgIpc) is 3.03. The van der Waals surface area contributed by atoms with Crippen LogP contribution in [0, 0.1) is 0 Å². The van der Waals surface area contributed by atoms with Gasteiger partial charge in [-0.2, -0.15) is 0 Å². The van der Waals surface area contributed by atoms with Gasteiger partial charge in [-0.3, -0.25) is 4.79 Å². The first kappa shape index (κ1) is 21.2. The molecule has 6 nitrogen and oxygen atoms in total. The highest BCUT2D eigenvalue weighted by Gasteiger charge is 2.14. The second-order valence-electron chi connectivity index (χ2n) is 5.43. The lowest BCUT2D eigenvalue weighted by atomic mass is 10.1. The molecular weight excluding hydrogens is 362 g/mol. The van der Waals surface area contributed by atoms with E-state index in [-0.39, 0.29) is 24.4 Å². The predicted octanol–water partition coefficient (Wildman–Crippen LogP) is 2.44. The maximum Gasteiger partial charge on any atom is 0.270 e. The molecule has 1 aromatic carbocycles. The first-order valence-electron chi connectivity index (χ1n) is 7.73. The highest BCUT2D eigenvalue weighted by molar-refractivity contribution is 7.09. The van der Waals surface area contributed by atoms with Crippen molar-refractivity contribution in [1.82, 2.24) is 10.3 Å². The Kier molecular flexibility index (Phi) is 8.68. The van der Waals surface area contributed by atoms with Crippen LogP contribution >= 0.6 is 23.7 Å². The highest BCUT2D eigenvalue weighted by atomic mass is 35.5. The smallest absolute Gasteiger partial charge is 0.270 e. The van der Waals surface area contributed by atoms with Gasteiger partial charge in [-0.05, 0) is 37.6 Å². The van der Waals surface area contributed by atoms with E-state index in [1.165, 1.54) is 11.3 Å². The summed E-state index contributed by atoms with van der Waals surface area (Å²) in [6.07, 6.45) is 1.38. The molecule has 1 amide bonds. The zero-order chi connectivity index (χ0) is 17.5. The van der Waals surface area contributed by atoms with E-state index in [0.717, 1.165) is 10.6 Å². The Hall–Kier alpha value is -1.83. The number of aromatic nitrogens is 1. The standard InChI is InChI=1S/C17H23N3O3S.ClH/c1-11(8-12-4-5-14(22-2)15(9-12)23-3)19-17(21)13-10-24-16(20-13)6-7-18;/h4-5,9-11H,6-8,18H2,1-3H3,(H,19,21);1H. The Bertz CT molecular complexity index is 694. The lowest BCUT2D eigenvalue weighted by Gasteiger charge is -2.15. The SMILES string of the molecule is COc1ccc(CC(C)NC(=O)c2csc(CCN)n2)cc1OC.Cl. The van der Waals surface area contributed by atoms with Gasteiger partial charge < -0.3 is 20.5 Å². The van der Waals surface area contributed by atoms with Gasteiger partial charge in [0.1, 0.15) is 5.69 Å². The third-order valence-electron chi connectivity index (χ3n) is 3.51. The molecule has 0 aliphatic heterocycles. The van der Waals surface area contributed by atoms with Crippen molar-refractivity contribution in [3.05, 3.63) is 39.8 Å². The molecule has 0 aliphatic carbocycles. The van der Waals surface area contributed by atoms with Crippen LogP contribution < -0.4 is 20.5 Å². The fourth-order valence-electron chi connectivity index (χ4n) is 2.36. The zero-order valence-electron chi connectivity index (χ0n) is 14.6. The summed E-state index contributed by atoms with van der Waals surface area (Å²) in [6.45, 7) is 2.49. The Labute approximate surface area is 158 Å². The number of nitrogens with two attached hydrogens (primary N) is 1. The Balaban J connectivity index is 0.00000312. The molecule has 2 aromatic rings. The molecular formula is C17H24ClN3O3S. The van der Waals surface area contributed by atoms with Crippen LogP contribution in [0.25, 0.3) is 0 Å². The van der Waals surface area contributed by atoms with Gasteiger partial charge in [-0.15, -0.1) is 23.7 Å². The molecule has 0 bridgehead atoms. The van der Waals surface area contributed by atoms with Crippen LogP contribution in [0.1, 0.15) is 28.0 Å². The highest BCUT2D eigenvalue weighted by Crippen LogP contribution is 2.28. The van der Waals surface area contributed by atoms with Crippen LogP contribution in [-0.2, 0) is 12.8 Å². The molecule has 1 heterocycles. The van der Waals surface area contributed by atoms with Crippen molar-refractivity contribution in [2.75, 3.05) is 20.8 Å². The van der Waals surface area contributed by atoms with Crippen LogP contribution in [0.5, 0.6) is 11.5 Å². The second kappa shape index (κ2) is 10.2. The second-order valence-corrected chi connectivity index (χ2v) is 6.38. The van der Waals surface area contributed by atoms with Gasteiger partial charge in [0.15, 0.2) is 11.5 Å². The van der Waals surface area contributed by atoms with E-state index >= 15 is 0 Å². The number of carbonyl (C=O) groups is 1. The summed E-state index contributed by atoms with van der Waals surface area (Å²) in [7, 11) is 3.21. The number of methoxy groups -OCH3 is 2. The molecule has 0 saturated heterocycles. The number of benzene rings is 1. The summed E-state index contributed by atoms with van der Waals surface area (Å²) < 4.78 is 10.5. The largest absolute Gasteiger partial charge is 0.493 e. The van der Waals surface area contributed by atoms with E-state index < -0.39 is 0 Å². The molecule has 0 saturated carbocycles. The molecule has 0 spiro atoms. The van der Waals surface area contributed by atoms with Crippen molar-refractivity contribution < 1.29 is 14.3 Å². The first-order chi connectivity index (χ1) is 11.6. The maximum absolute atomic E-state index is 12.2. The van der Waals surface area contributed by atoms with Gasteiger partial charge in [0.05, 0.1) is 19.2 Å². The minimum Gasteiger partial charge on any atom is -0.493 e. The molecule has 0 aliphatic rings. The van der Waals surface area contributed by atoms with Gasteiger partial charge in [0, 0.05) is 17.8 Å². The molecule has 3 N–H and O–H groups in total. The minimum atomic E-state index is -0.164. The number of ether oxygens (including phenoxy) is 2. The third kappa shape index (κ3) is 5.88. The number of rotatable bonds is 8. The van der Waals surface area contributed by atoms with Gasteiger partial charge in [0.2, 0.25) is 0 Å². The van der Waals surface area contributed by atoms with E-state index in [4.69, 9.17) is 15.2 Å². The Morgan fingerprint density at radius 1 is 1.32 bits per heavy atom. The monoisotopic (exact) mass is 385 g/mol. The fraction of sp³-hybridized carbons (Fsp3) is 0.412. The van der Waals surface area contributed by atoms with Gasteiger partial charge in [0.25, 0.3) is 5.91 Å². The lowest BCUT2D eigenvalue weighted by Crippen LogP contribution is -2.34. The van der Waals surface area contributed by atoms with E-state index in [9.17, 15) is 4.79 Å². The van der Waals surface area contributed by atoms with Crippen LogP contribution in [0.2, 0.25) is 0 Å². The number of carbonyl (C=O) groups excluding carboxylic acids is 1. The topological polar surface area (TPSA) is 86.5 Å². The van der Waals surface area contributed by atoms with Crippen molar-refractivity contribution in [2.45, 2.75) is 25.8 Å². The van der Waals surface area contributed by atoms with E-state index in [1.807, 2.05) is 25.1 Å². The summed E-state index contributed by atoms with van der Waals surface area (Å²) in [5, 5.41) is 5.62. The third-order valence-corrected chi connectivity index (χ3v) is 4.42. The molecule has 8 heteroatoms. The molecule has 1 atom stereocenters. The number of hydrogen-bond acceptors (Lipinski definition) is 6. The normalized spacial score (nSPS) is 11.4. The quantitative estimate of drug-likeness (QED) is 0.728. The van der Waals surface area contributed by atoms with Crippen LogP contribution in [-0.4, -0.2) is 37.7 Å². The van der Waals surface area contributed by atoms with Crippen molar-refractivity contribution in [2.24, 2.45) is 5.73 Å². The summed E-state index contributed by atoms with van der Waals surface area (Å²) in [5.74, 6) is 1.20. The molecule has 25 heavy (non-hydrogen) atoms. The summed E-state index contributed by atoms with van der Waals surface area (Å²) in [6, 6.07) is 5.72. The van der Waals surface area contributed by atoms with Gasteiger partial charge >= 0.3 is 0 Å². The summed E-state index contributed by atoms with van der Waals surface area (Å²) >= 11 is 1.46.